The molecule has 18 heavy (non-hydrogen) atoms. The summed E-state index contributed by atoms with van der Waals surface area (Å²) in [5.74, 6) is -0.681. The van der Waals surface area contributed by atoms with E-state index in [4.69, 9.17) is 5.11 Å². The Bertz CT molecular complexity index is 318. The third kappa shape index (κ3) is 4.62. The molecule has 1 aliphatic carbocycles. The topological polar surface area (TPSA) is 72.9 Å². The van der Waals surface area contributed by atoms with Gasteiger partial charge in [0, 0.05) is 25.7 Å². The largest absolute Gasteiger partial charge is 0.480 e. The molecule has 0 radical (unpaired) electrons. The molecular weight excluding hydrogens is 234 g/mol. The number of carboxylic acid groups (broad SMARTS) is 1. The molecule has 2 aliphatic rings. The maximum Gasteiger partial charge on any atom is 0.317 e. The van der Waals surface area contributed by atoms with Gasteiger partial charge in [0.2, 0.25) is 5.91 Å². The van der Waals surface area contributed by atoms with Crippen LogP contribution in [0.5, 0.6) is 0 Å². The van der Waals surface area contributed by atoms with Crippen LogP contribution < -0.4 is 5.32 Å². The molecule has 0 spiro atoms. The first-order chi connectivity index (χ1) is 8.63. The minimum absolute atomic E-state index is 0.0993. The number of rotatable bonds is 5. The molecule has 1 aliphatic heterocycles. The highest BCUT2D eigenvalue weighted by atomic mass is 16.4. The van der Waals surface area contributed by atoms with E-state index in [0.717, 1.165) is 45.4 Å². The third-order valence-electron chi connectivity index (χ3n) is 3.35. The minimum atomic E-state index is -0.782. The Kier molecular flexibility index (Phi) is 4.54. The van der Waals surface area contributed by atoms with Crippen LogP contribution in [-0.4, -0.2) is 72.1 Å². The monoisotopic (exact) mass is 255 g/mol. The summed E-state index contributed by atoms with van der Waals surface area (Å²) in [7, 11) is 0. The Morgan fingerprint density at radius 1 is 1.06 bits per heavy atom. The van der Waals surface area contributed by atoms with E-state index in [9.17, 15) is 9.59 Å². The van der Waals surface area contributed by atoms with Crippen molar-refractivity contribution in [1.29, 1.82) is 0 Å². The van der Waals surface area contributed by atoms with Gasteiger partial charge in [-0.3, -0.25) is 19.4 Å². The molecule has 0 unspecified atom stereocenters. The first kappa shape index (κ1) is 13.3. The Labute approximate surface area is 107 Å². The van der Waals surface area contributed by atoms with E-state index in [0.29, 0.717) is 12.6 Å². The second-order valence-electron chi connectivity index (χ2n) is 5.14. The number of hydrogen-bond donors (Lipinski definition) is 2. The van der Waals surface area contributed by atoms with E-state index in [1.807, 2.05) is 4.90 Å². The fourth-order valence-corrected chi connectivity index (χ4v) is 2.24. The molecule has 1 saturated heterocycles. The lowest BCUT2D eigenvalue weighted by atomic mass is 10.3. The van der Waals surface area contributed by atoms with Gasteiger partial charge in [0.25, 0.3) is 0 Å². The smallest absolute Gasteiger partial charge is 0.317 e. The summed E-state index contributed by atoms with van der Waals surface area (Å²) in [4.78, 5) is 26.4. The molecule has 6 heteroatoms. The van der Waals surface area contributed by atoms with Gasteiger partial charge >= 0.3 is 5.97 Å². The van der Waals surface area contributed by atoms with E-state index >= 15 is 0 Å². The highest BCUT2D eigenvalue weighted by Crippen LogP contribution is 2.18. The molecule has 1 heterocycles. The molecule has 0 aromatic heterocycles. The highest BCUT2D eigenvalue weighted by Gasteiger charge is 2.24. The van der Waals surface area contributed by atoms with Crippen LogP contribution in [0, 0.1) is 0 Å². The molecule has 2 fully saturated rings. The van der Waals surface area contributed by atoms with E-state index in [1.165, 1.54) is 0 Å². The van der Waals surface area contributed by atoms with Crippen LogP contribution in [0.15, 0.2) is 0 Å². The summed E-state index contributed by atoms with van der Waals surface area (Å²) in [5.41, 5.74) is 0. The summed E-state index contributed by atoms with van der Waals surface area (Å²) < 4.78 is 0. The normalized spacial score (nSPS) is 22.4. The van der Waals surface area contributed by atoms with Crippen LogP contribution in [0.25, 0.3) is 0 Å². The molecule has 2 N–H and O–H groups in total. The number of nitrogens with one attached hydrogen (secondary N) is 1. The van der Waals surface area contributed by atoms with Gasteiger partial charge in [0.05, 0.1) is 13.1 Å². The Balaban J connectivity index is 1.70. The molecule has 0 bridgehead atoms. The van der Waals surface area contributed by atoms with Gasteiger partial charge in [0.1, 0.15) is 0 Å². The van der Waals surface area contributed by atoms with Crippen molar-refractivity contribution in [3.63, 3.8) is 0 Å². The first-order valence-electron chi connectivity index (χ1n) is 6.59. The number of amides is 1. The van der Waals surface area contributed by atoms with Gasteiger partial charge in [-0.1, -0.05) is 0 Å². The molecule has 6 nitrogen and oxygen atoms in total. The van der Waals surface area contributed by atoms with Gasteiger partial charge in [0.15, 0.2) is 0 Å². The highest BCUT2D eigenvalue weighted by molar-refractivity contribution is 5.78. The Morgan fingerprint density at radius 2 is 1.67 bits per heavy atom. The average Bonchev–Trinajstić information content (AvgIpc) is 3.07. The van der Waals surface area contributed by atoms with Gasteiger partial charge < -0.3 is 10.4 Å². The van der Waals surface area contributed by atoms with Gasteiger partial charge in [-0.15, -0.1) is 0 Å². The third-order valence-corrected chi connectivity index (χ3v) is 3.35. The molecule has 2 rings (SSSR count). The summed E-state index contributed by atoms with van der Waals surface area (Å²) >= 11 is 0. The van der Waals surface area contributed by atoms with Crippen molar-refractivity contribution in [2.24, 2.45) is 0 Å². The van der Waals surface area contributed by atoms with E-state index < -0.39 is 5.97 Å². The molecule has 102 valence electrons. The summed E-state index contributed by atoms with van der Waals surface area (Å²) in [5, 5.41) is 11.7. The number of carboxylic acids is 1. The van der Waals surface area contributed by atoms with Crippen LogP contribution in [0.1, 0.15) is 19.3 Å². The number of aliphatic carboxylic acids is 1. The van der Waals surface area contributed by atoms with Crippen molar-refractivity contribution >= 4 is 11.9 Å². The number of carbonyl (C=O) groups excluding carboxylic acids is 1. The van der Waals surface area contributed by atoms with Crippen molar-refractivity contribution < 1.29 is 14.7 Å². The zero-order valence-electron chi connectivity index (χ0n) is 10.6. The standard InChI is InChI=1S/C12H21N3O3/c16-11(13-10-2-3-10)8-14-4-1-5-15(7-6-14)9-12(17)18/h10H,1-9H2,(H,13,16)(H,17,18). The summed E-state index contributed by atoms with van der Waals surface area (Å²) in [6, 6.07) is 0.410. The lowest BCUT2D eigenvalue weighted by molar-refractivity contribution is -0.138. The maximum atomic E-state index is 11.7. The Hall–Kier alpha value is -1.14. The van der Waals surface area contributed by atoms with Crippen LogP contribution in [-0.2, 0) is 9.59 Å². The molecular formula is C12H21N3O3. The number of hydrogen-bond acceptors (Lipinski definition) is 4. The molecule has 1 amide bonds. The molecule has 0 aromatic rings. The van der Waals surface area contributed by atoms with Crippen LogP contribution in [0.4, 0.5) is 0 Å². The molecule has 0 aromatic carbocycles. The van der Waals surface area contributed by atoms with Crippen LogP contribution in [0.3, 0.4) is 0 Å². The Morgan fingerprint density at radius 3 is 2.22 bits per heavy atom. The van der Waals surface area contributed by atoms with E-state index in [2.05, 4.69) is 10.2 Å². The van der Waals surface area contributed by atoms with Gasteiger partial charge in [-0.2, -0.15) is 0 Å². The summed E-state index contributed by atoms with van der Waals surface area (Å²) in [6.45, 7) is 3.70. The quantitative estimate of drug-likeness (QED) is 0.683. The second kappa shape index (κ2) is 6.15. The zero-order valence-corrected chi connectivity index (χ0v) is 10.6. The van der Waals surface area contributed by atoms with Crippen molar-refractivity contribution in [2.45, 2.75) is 25.3 Å². The number of nitrogens with zero attached hydrogens (tertiary/aromatic N) is 2. The number of carbonyl (C=O) groups is 2. The van der Waals surface area contributed by atoms with Crippen LogP contribution >= 0.6 is 0 Å². The van der Waals surface area contributed by atoms with Gasteiger partial charge in [-0.05, 0) is 25.8 Å². The zero-order chi connectivity index (χ0) is 13.0. The molecule has 1 saturated carbocycles. The van der Waals surface area contributed by atoms with E-state index in [1.54, 1.807) is 0 Å². The van der Waals surface area contributed by atoms with Crippen molar-refractivity contribution in [1.82, 2.24) is 15.1 Å². The predicted molar refractivity (Wildman–Crippen MR) is 66.3 cm³/mol. The SMILES string of the molecule is O=C(O)CN1CCCN(CC(=O)NC2CC2)CC1. The van der Waals surface area contributed by atoms with Crippen molar-refractivity contribution in [3.05, 3.63) is 0 Å². The predicted octanol–water partition coefficient (Wildman–Crippen LogP) is -0.643. The fourth-order valence-electron chi connectivity index (χ4n) is 2.24. The lowest BCUT2D eigenvalue weighted by Gasteiger charge is -2.20. The van der Waals surface area contributed by atoms with E-state index in [-0.39, 0.29) is 12.5 Å². The summed E-state index contributed by atoms with van der Waals surface area (Å²) in [6.07, 6.45) is 3.14. The molecule has 0 atom stereocenters. The lowest BCUT2D eigenvalue weighted by Crippen LogP contribution is -2.40. The maximum absolute atomic E-state index is 11.7. The van der Waals surface area contributed by atoms with Crippen molar-refractivity contribution in [3.8, 4) is 0 Å². The van der Waals surface area contributed by atoms with Crippen LogP contribution in [0.2, 0.25) is 0 Å². The first-order valence-corrected chi connectivity index (χ1v) is 6.59. The second-order valence-corrected chi connectivity index (χ2v) is 5.14. The van der Waals surface area contributed by atoms with Gasteiger partial charge in [-0.25, -0.2) is 0 Å². The average molecular weight is 255 g/mol. The minimum Gasteiger partial charge on any atom is -0.480 e. The fraction of sp³-hybridized carbons (Fsp3) is 0.833. The van der Waals surface area contributed by atoms with Crippen molar-refractivity contribution in [2.75, 3.05) is 39.3 Å².